The quantitative estimate of drug-likeness (QED) is 0.769. The van der Waals surface area contributed by atoms with Crippen molar-refractivity contribution in [3.8, 4) is 0 Å². The second-order valence-electron chi connectivity index (χ2n) is 8.18. The van der Waals surface area contributed by atoms with Crippen molar-refractivity contribution < 1.29 is 14.3 Å². The van der Waals surface area contributed by atoms with Crippen molar-refractivity contribution in [2.45, 2.75) is 19.3 Å². The lowest BCUT2D eigenvalue weighted by molar-refractivity contribution is -0.132. The number of hydrogen-bond acceptors (Lipinski definition) is 5. The molecule has 0 unspecified atom stereocenters. The minimum absolute atomic E-state index is 0.268. The van der Waals surface area contributed by atoms with Gasteiger partial charge in [-0.05, 0) is 36.5 Å². The Hall–Kier alpha value is -1.63. The van der Waals surface area contributed by atoms with E-state index in [0.29, 0.717) is 6.42 Å². The predicted octanol–water partition coefficient (Wildman–Crippen LogP) is 1.64. The first kappa shape index (κ1) is 19.7. The molecule has 6 nitrogen and oxygen atoms in total. The lowest BCUT2D eigenvalue weighted by Gasteiger charge is -2.36. The van der Waals surface area contributed by atoms with Gasteiger partial charge in [0.05, 0.1) is 32.8 Å². The van der Waals surface area contributed by atoms with Crippen molar-refractivity contribution in [3.05, 3.63) is 29.8 Å². The molecule has 0 N–H and O–H groups in total. The fourth-order valence-electron chi connectivity index (χ4n) is 4.45. The van der Waals surface area contributed by atoms with E-state index in [-0.39, 0.29) is 5.91 Å². The van der Waals surface area contributed by atoms with Gasteiger partial charge in [-0.2, -0.15) is 0 Å². The van der Waals surface area contributed by atoms with Gasteiger partial charge in [-0.25, -0.2) is 0 Å². The zero-order valence-electron chi connectivity index (χ0n) is 16.9. The summed E-state index contributed by atoms with van der Waals surface area (Å²) < 4.78 is 10.8. The molecule has 3 heterocycles. The molecule has 6 heteroatoms. The van der Waals surface area contributed by atoms with E-state index < -0.39 is 0 Å². The molecule has 28 heavy (non-hydrogen) atoms. The average molecular weight is 388 g/mol. The molecular formula is C22H33N3O3. The molecule has 1 amide bonds. The highest BCUT2D eigenvalue weighted by Gasteiger charge is 2.25. The van der Waals surface area contributed by atoms with Gasteiger partial charge in [-0.15, -0.1) is 0 Å². The highest BCUT2D eigenvalue weighted by Crippen LogP contribution is 2.21. The standard InChI is InChI=1S/C22H33N3O3/c26-22(17-19-1-3-21(4-2-19)24-11-15-28-16-12-24)25-7-5-20(6-8-25)18-23-9-13-27-14-10-23/h1-4,20H,5-18H2. The summed E-state index contributed by atoms with van der Waals surface area (Å²) in [4.78, 5) is 19.6. The van der Waals surface area contributed by atoms with Crippen LogP contribution in [0.3, 0.4) is 0 Å². The van der Waals surface area contributed by atoms with Crippen molar-refractivity contribution in [1.29, 1.82) is 0 Å². The van der Waals surface area contributed by atoms with Crippen LogP contribution in [0.5, 0.6) is 0 Å². The number of piperidine rings is 1. The molecule has 0 radical (unpaired) electrons. The first-order valence-electron chi connectivity index (χ1n) is 10.8. The van der Waals surface area contributed by atoms with Gasteiger partial charge in [0, 0.05) is 51.5 Å². The van der Waals surface area contributed by atoms with E-state index in [0.717, 1.165) is 96.6 Å². The predicted molar refractivity (Wildman–Crippen MR) is 110 cm³/mol. The van der Waals surface area contributed by atoms with E-state index in [2.05, 4.69) is 39.0 Å². The molecule has 3 aliphatic heterocycles. The molecule has 0 atom stereocenters. The number of rotatable bonds is 5. The fourth-order valence-corrected chi connectivity index (χ4v) is 4.45. The van der Waals surface area contributed by atoms with E-state index in [1.54, 1.807) is 0 Å². The fraction of sp³-hybridized carbons (Fsp3) is 0.682. The van der Waals surface area contributed by atoms with Gasteiger partial charge in [0.15, 0.2) is 0 Å². The van der Waals surface area contributed by atoms with E-state index in [1.807, 2.05) is 0 Å². The molecule has 3 saturated heterocycles. The Balaban J connectivity index is 1.22. The van der Waals surface area contributed by atoms with E-state index in [4.69, 9.17) is 9.47 Å². The molecule has 4 rings (SSSR count). The SMILES string of the molecule is O=C(Cc1ccc(N2CCOCC2)cc1)N1CCC(CN2CCOCC2)CC1. The van der Waals surface area contributed by atoms with Crippen LogP contribution < -0.4 is 4.90 Å². The topological polar surface area (TPSA) is 45.2 Å². The van der Waals surface area contributed by atoms with Crippen LogP contribution in [0.25, 0.3) is 0 Å². The van der Waals surface area contributed by atoms with Crippen LogP contribution in [0.2, 0.25) is 0 Å². The first-order valence-corrected chi connectivity index (χ1v) is 10.8. The molecule has 3 fully saturated rings. The zero-order valence-corrected chi connectivity index (χ0v) is 16.9. The van der Waals surface area contributed by atoms with Crippen LogP contribution in [0.1, 0.15) is 18.4 Å². The van der Waals surface area contributed by atoms with E-state index >= 15 is 0 Å². The van der Waals surface area contributed by atoms with E-state index in [9.17, 15) is 4.79 Å². The minimum atomic E-state index is 0.268. The van der Waals surface area contributed by atoms with Crippen LogP contribution in [0.4, 0.5) is 5.69 Å². The molecule has 0 saturated carbocycles. The number of morpholine rings is 2. The maximum Gasteiger partial charge on any atom is 0.226 e. The number of likely N-dealkylation sites (tertiary alicyclic amines) is 1. The number of amides is 1. The number of benzene rings is 1. The number of carbonyl (C=O) groups excluding carboxylic acids is 1. The van der Waals surface area contributed by atoms with Gasteiger partial charge in [-0.3, -0.25) is 9.69 Å². The van der Waals surface area contributed by atoms with Gasteiger partial charge >= 0.3 is 0 Å². The van der Waals surface area contributed by atoms with Gasteiger partial charge < -0.3 is 19.3 Å². The Bertz CT molecular complexity index is 616. The molecule has 0 aliphatic carbocycles. The van der Waals surface area contributed by atoms with Gasteiger partial charge in [0.2, 0.25) is 5.91 Å². The summed E-state index contributed by atoms with van der Waals surface area (Å²) >= 11 is 0. The van der Waals surface area contributed by atoms with Crippen molar-refractivity contribution in [3.63, 3.8) is 0 Å². The lowest BCUT2D eigenvalue weighted by atomic mass is 9.95. The van der Waals surface area contributed by atoms with Gasteiger partial charge in [0.1, 0.15) is 0 Å². The number of anilines is 1. The van der Waals surface area contributed by atoms with Gasteiger partial charge in [0.25, 0.3) is 0 Å². The van der Waals surface area contributed by atoms with Crippen LogP contribution in [-0.2, 0) is 20.7 Å². The summed E-state index contributed by atoms with van der Waals surface area (Å²) in [5.74, 6) is 0.985. The van der Waals surface area contributed by atoms with E-state index in [1.165, 1.54) is 5.69 Å². The average Bonchev–Trinajstić information content (AvgIpc) is 2.76. The third-order valence-corrected chi connectivity index (χ3v) is 6.26. The summed E-state index contributed by atoms with van der Waals surface area (Å²) in [5.41, 5.74) is 2.33. The molecule has 0 aromatic heterocycles. The summed E-state index contributed by atoms with van der Waals surface area (Å²) in [6.45, 7) is 10.3. The summed E-state index contributed by atoms with van der Waals surface area (Å²) in [6.07, 6.45) is 2.76. The molecule has 0 bridgehead atoms. The smallest absolute Gasteiger partial charge is 0.226 e. The molecule has 1 aromatic rings. The zero-order chi connectivity index (χ0) is 19.2. The van der Waals surface area contributed by atoms with Crippen LogP contribution in [0, 0.1) is 5.92 Å². The summed E-state index contributed by atoms with van der Waals surface area (Å²) in [6, 6.07) is 8.49. The molecule has 1 aromatic carbocycles. The summed E-state index contributed by atoms with van der Waals surface area (Å²) in [5, 5.41) is 0. The van der Waals surface area contributed by atoms with Gasteiger partial charge in [-0.1, -0.05) is 12.1 Å². The molecular weight excluding hydrogens is 354 g/mol. The first-order chi connectivity index (χ1) is 13.8. The lowest BCUT2D eigenvalue weighted by Crippen LogP contribution is -2.44. The third-order valence-electron chi connectivity index (χ3n) is 6.26. The Morgan fingerprint density at radius 1 is 0.857 bits per heavy atom. The number of ether oxygens (including phenoxy) is 2. The maximum absolute atomic E-state index is 12.7. The maximum atomic E-state index is 12.7. The third kappa shape index (κ3) is 5.25. The minimum Gasteiger partial charge on any atom is -0.379 e. The Morgan fingerprint density at radius 2 is 1.46 bits per heavy atom. The second-order valence-corrected chi connectivity index (χ2v) is 8.18. The van der Waals surface area contributed by atoms with Crippen LogP contribution in [0.15, 0.2) is 24.3 Å². The normalized spacial score (nSPS) is 22.4. The molecule has 0 spiro atoms. The van der Waals surface area contributed by atoms with Crippen molar-refractivity contribution in [2.24, 2.45) is 5.92 Å². The van der Waals surface area contributed by atoms with Crippen molar-refractivity contribution >= 4 is 11.6 Å². The highest BCUT2D eigenvalue weighted by molar-refractivity contribution is 5.79. The van der Waals surface area contributed by atoms with Crippen molar-refractivity contribution in [1.82, 2.24) is 9.80 Å². The second kappa shape index (κ2) is 9.72. The Morgan fingerprint density at radius 3 is 2.11 bits per heavy atom. The monoisotopic (exact) mass is 387 g/mol. The van der Waals surface area contributed by atoms with Crippen molar-refractivity contribution in [2.75, 3.05) is 77.1 Å². The Kier molecular flexibility index (Phi) is 6.83. The van der Waals surface area contributed by atoms with Crippen LogP contribution in [-0.4, -0.2) is 87.9 Å². The number of carbonyl (C=O) groups is 1. The molecule has 154 valence electrons. The largest absolute Gasteiger partial charge is 0.379 e. The molecule has 3 aliphatic rings. The number of nitrogens with zero attached hydrogens (tertiary/aromatic N) is 3. The Labute approximate surface area is 168 Å². The summed E-state index contributed by atoms with van der Waals surface area (Å²) in [7, 11) is 0. The van der Waals surface area contributed by atoms with Crippen LogP contribution >= 0.6 is 0 Å². The number of hydrogen-bond donors (Lipinski definition) is 0. The highest BCUT2D eigenvalue weighted by atomic mass is 16.5.